The van der Waals surface area contributed by atoms with Gasteiger partial charge in [0, 0.05) is 24.6 Å². The maximum absolute atomic E-state index is 9.00. The lowest BCUT2D eigenvalue weighted by molar-refractivity contribution is 0.278. The molecule has 1 aromatic rings. The van der Waals surface area contributed by atoms with E-state index < -0.39 is 0 Å². The molecule has 0 bridgehead atoms. The highest BCUT2D eigenvalue weighted by molar-refractivity contribution is 7.12. The smallest absolute Gasteiger partial charge is 0.211 e. The number of aliphatic hydroxyl groups is 1. The van der Waals surface area contributed by atoms with Crippen LogP contribution in [0.4, 0.5) is 5.82 Å². The van der Waals surface area contributed by atoms with Crippen LogP contribution in [0.3, 0.4) is 0 Å². The summed E-state index contributed by atoms with van der Waals surface area (Å²) in [6.07, 6.45) is 2.41. The number of rotatable bonds is 7. The Morgan fingerprint density at radius 1 is 1.65 bits per heavy atom. The molecule has 0 unspecified atom stereocenters. The second-order valence-electron chi connectivity index (χ2n) is 4.07. The lowest BCUT2D eigenvalue weighted by Crippen LogP contribution is -2.34. The van der Waals surface area contributed by atoms with E-state index in [1.807, 2.05) is 20.0 Å². The van der Waals surface area contributed by atoms with Crippen molar-refractivity contribution in [2.75, 3.05) is 19.7 Å². The zero-order valence-electron chi connectivity index (χ0n) is 11.8. The zero-order chi connectivity index (χ0) is 15.0. The van der Waals surface area contributed by atoms with Gasteiger partial charge in [-0.15, -0.1) is 11.3 Å². The van der Waals surface area contributed by atoms with Crippen LogP contribution in [0.5, 0.6) is 0 Å². The summed E-state index contributed by atoms with van der Waals surface area (Å²) in [5.41, 5.74) is 5.80. The van der Waals surface area contributed by atoms with Crippen LogP contribution in [0, 0.1) is 18.4 Å². The highest BCUT2D eigenvalue weighted by Crippen LogP contribution is 2.24. The maximum Gasteiger partial charge on any atom is 0.211 e. The van der Waals surface area contributed by atoms with Crippen molar-refractivity contribution in [2.24, 2.45) is 10.7 Å². The molecule has 0 saturated heterocycles. The monoisotopic (exact) mass is 296 g/mol. The number of nitriles is 1. The van der Waals surface area contributed by atoms with Gasteiger partial charge in [0.05, 0.1) is 0 Å². The summed E-state index contributed by atoms with van der Waals surface area (Å²) in [7, 11) is 0. The van der Waals surface area contributed by atoms with Crippen LogP contribution in [-0.4, -0.2) is 40.6 Å². The molecule has 8 heteroatoms. The van der Waals surface area contributed by atoms with E-state index in [9.17, 15) is 0 Å². The van der Waals surface area contributed by atoms with Crippen molar-refractivity contribution in [3.05, 3.63) is 9.88 Å². The second kappa shape index (κ2) is 8.47. The van der Waals surface area contributed by atoms with Crippen molar-refractivity contribution in [1.82, 2.24) is 15.2 Å². The number of nitrogens with two attached hydrogens (primary N) is 1. The molecule has 1 aromatic heterocycles. The summed E-state index contributed by atoms with van der Waals surface area (Å²) in [6.45, 7) is 5.88. The van der Waals surface area contributed by atoms with Gasteiger partial charge in [-0.2, -0.15) is 10.3 Å². The molecule has 0 atom stereocenters. The fourth-order valence-corrected chi connectivity index (χ4v) is 2.31. The van der Waals surface area contributed by atoms with Gasteiger partial charge in [-0.3, -0.25) is 0 Å². The van der Waals surface area contributed by atoms with Gasteiger partial charge in [-0.1, -0.05) is 6.92 Å². The van der Waals surface area contributed by atoms with Crippen molar-refractivity contribution in [1.29, 1.82) is 5.26 Å². The summed E-state index contributed by atoms with van der Waals surface area (Å²) < 4.78 is 0. The molecule has 0 spiro atoms. The Morgan fingerprint density at radius 2 is 2.40 bits per heavy atom. The van der Waals surface area contributed by atoms with E-state index in [0.29, 0.717) is 25.3 Å². The average Bonchev–Trinajstić information content (AvgIpc) is 2.78. The molecule has 0 aliphatic rings. The fraction of sp³-hybridized carbons (Fsp3) is 0.583. The third-order valence-corrected chi connectivity index (χ3v) is 3.46. The summed E-state index contributed by atoms with van der Waals surface area (Å²) in [6, 6.07) is 0. The lowest BCUT2D eigenvalue weighted by Gasteiger charge is -2.12. The summed E-state index contributed by atoms with van der Waals surface area (Å²) in [5, 5.41) is 21.9. The van der Waals surface area contributed by atoms with Crippen LogP contribution < -0.4 is 11.1 Å². The van der Waals surface area contributed by atoms with E-state index in [4.69, 9.17) is 16.1 Å². The second-order valence-corrected chi connectivity index (χ2v) is 5.35. The van der Waals surface area contributed by atoms with Crippen LogP contribution in [0.15, 0.2) is 4.99 Å². The number of aryl methyl sites for hydroxylation is 1. The molecule has 0 saturated carbocycles. The third-order valence-electron chi connectivity index (χ3n) is 2.50. The molecular formula is C12H20N6OS. The Morgan fingerprint density at radius 3 is 3.00 bits per heavy atom. The van der Waals surface area contributed by atoms with Crippen molar-refractivity contribution < 1.29 is 5.11 Å². The molecule has 1 heterocycles. The fourth-order valence-electron chi connectivity index (χ4n) is 1.47. The van der Waals surface area contributed by atoms with Crippen molar-refractivity contribution in [2.45, 2.75) is 26.8 Å². The number of guanidine groups is 1. The quantitative estimate of drug-likeness (QED) is 0.295. The van der Waals surface area contributed by atoms with E-state index in [0.717, 1.165) is 16.4 Å². The average molecular weight is 296 g/mol. The Bertz CT molecular complexity index is 493. The van der Waals surface area contributed by atoms with Crippen LogP contribution in [0.1, 0.15) is 23.2 Å². The lowest BCUT2D eigenvalue weighted by atomic mass is 10.4. The number of nitrogens with zero attached hydrogens (tertiary/aromatic N) is 4. The van der Waals surface area contributed by atoms with Gasteiger partial charge in [0.15, 0.2) is 12.0 Å². The molecule has 7 nitrogen and oxygen atoms in total. The molecule has 4 N–H and O–H groups in total. The number of aliphatic imine (C=N–C) groups is 1. The molecule has 0 aliphatic heterocycles. The predicted molar refractivity (Wildman–Crippen MR) is 79.5 cm³/mol. The number of hydrogen-bond acceptors (Lipinski definition) is 6. The first-order chi connectivity index (χ1) is 9.62. The zero-order valence-corrected chi connectivity index (χ0v) is 12.6. The molecule has 0 aliphatic carbocycles. The van der Waals surface area contributed by atoms with Crippen LogP contribution >= 0.6 is 11.3 Å². The van der Waals surface area contributed by atoms with Gasteiger partial charge in [0.1, 0.15) is 5.01 Å². The first kappa shape index (κ1) is 16.4. The number of nitrogens with one attached hydrogen (secondary N) is 1. The largest absolute Gasteiger partial charge is 0.396 e. The third kappa shape index (κ3) is 4.77. The van der Waals surface area contributed by atoms with Crippen molar-refractivity contribution in [3.63, 3.8) is 0 Å². The number of aliphatic hydroxyl groups excluding tert-OH is 1. The van der Waals surface area contributed by atoms with Gasteiger partial charge in [-0.25, -0.2) is 9.88 Å². The normalized spacial score (nSPS) is 11.4. The Kier molecular flexibility index (Phi) is 6.93. The molecule has 20 heavy (non-hydrogen) atoms. The van der Waals surface area contributed by atoms with E-state index in [-0.39, 0.29) is 12.6 Å². The van der Waals surface area contributed by atoms with Crippen LogP contribution in [-0.2, 0) is 6.54 Å². The highest BCUT2D eigenvalue weighted by atomic mass is 32.1. The molecular weight excluding hydrogens is 276 g/mol. The van der Waals surface area contributed by atoms with Gasteiger partial charge in [0.25, 0.3) is 0 Å². The van der Waals surface area contributed by atoms with Gasteiger partial charge in [-0.05, 0) is 19.9 Å². The molecule has 1 rings (SSSR count). The minimum atomic E-state index is 0.00796. The summed E-state index contributed by atoms with van der Waals surface area (Å²) >= 11 is 1.56. The predicted octanol–water partition coefficient (Wildman–Crippen LogP) is 0.673. The van der Waals surface area contributed by atoms with E-state index >= 15 is 0 Å². The van der Waals surface area contributed by atoms with E-state index in [2.05, 4.69) is 15.3 Å². The van der Waals surface area contributed by atoms with Crippen molar-refractivity contribution >= 4 is 23.1 Å². The van der Waals surface area contributed by atoms with Gasteiger partial charge < -0.3 is 16.2 Å². The first-order valence-electron chi connectivity index (χ1n) is 6.41. The molecule has 0 radical (unpaired) electrons. The van der Waals surface area contributed by atoms with Crippen molar-refractivity contribution in [3.8, 4) is 6.19 Å². The number of thiazole rings is 1. The Balaban J connectivity index is 2.81. The highest BCUT2D eigenvalue weighted by Gasteiger charge is 2.10. The number of aromatic nitrogens is 1. The Hall–Kier alpha value is -1.69. The topological polar surface area (TPSA) is 111 Å². The maximum atomic E-state index is 9.00. The van der Waals surface area contributed by atoms with Crippen LogP contribution in [0.25, 0.3) is 0 Å². The van der Waals surface area contributed by atoms with Crippen LogP contribution in [0.2, 0.25) is 0 Å². The number of hydrogen-bond donors (Lipinski definition) is 3. The SMILES string of the molecule is CCNCc1nc(/N=C(/N)N(C#N)CCCO)c(C)s1. The first-order valence-corrected chi connectivity index (χ1v) is 7.23. The standard InChI is InChI=1S/C12H20N6OS/c1-3-15-7-10-16-11(9(2)20-10)17-12(14)18(8-13)5-4-6-19/h15,19H,3-7H2,1-2H3,(H2,14,17). The van der Waals surface area contributed by atoms with E-state index in [1.54, 1.807) is 11.3 Å². The summed E-state index contributed by atoms with van der Waals surface area (Å²) in [5.74, 6) is 0.647. The molecule has 0 amide bonds. The minimum absolute atomic E-state index is 0.00796. The van der Waals surface area contributed by atoms with E-state index in [1.165, 1.54) is 4.90 Å². The van der Waals surface area contributed by atoms with Gasteiger partial charge in [0.2, 0.25) is 5.96 Å². The van der Waals surface area contributed by atoms with Gasteiger partial charge >= 0.3 is 0 Å². The molecule has 0 fully saturated rings. The molecule has 110 valence electrons. The Labute approximate surface area is 122 Å². The minimum Gasteiger partial charge on any atom is -0.396 e. The summed E-state index contributed by atoms with van der Waals surface area (Å²) in [4.78, 5) is 10.8. The molecule has 0 aromatic carbocycles.